The second-order valence-corrected chi connectivity index (χ2v) is 5.49. The highest BCUT2D eigenvalue weighted by atomic mass is 15.1. The van der Waals surface area contributed by atoms with Crippen LogP contribution in [-0.4, -0.2) is 9.55 Å². The molecule has 2 nitrogen and oxygen atoms in total. The Bertz CT molecular complexity index is 796. The van der Waals surface area contributed by atoms with Crippen LogP contribution in [0.25, 0.3) is 16.7 Å². The second kappa shape index (κ2) is 3.70. The number of hydrogen-bond donors (Lipinski definition) is 0. The van der Waals surface area contributed by atoms with Gasteiger partial charge >= 0.3 is 0 Å². The molecule has 0 N–H and O–H groups in total. The summed E-state index contributed by atoms with van der Waals surface area (Å²) in [5, 5.41) is 0. The lowest BCUT2D eigenvalue weighted by Gasteiger charge is -2.19. The SMILES string of the molecule is Cc1ccc2c(c1)CCc1nc3ccc(C)cc3n1-2. The van der Waals surface area contributed by atoms with Crippen LogP contribution < -0.4 is 0 Å². The van der Waals surface area contributed by atoms with Crippen LogP contribution >= 0.6 is 0 Å². The summed E-state index contributed by atoms with van der Waals surface area (Å²) in [7, 11) is 0. The Balaban J connectivity index is 2.09. The minimum absolute atomic E-state index is 1.03. The number of imidazole rings is 1. The predicted octanol–water partition coefficient (Wildman–Crippen LogP) is 3.74. The van der Waals surface area contributed by atoms with E-state index in [4.69, 9.17) is 4.98 Å². The molecule has 0 bridgehead atoms. The Labute approximate surface area is 112 Å². The van der Waals surface area contributed by atoms with Crippen molar-refractivity contribution in [3.05, 3.63) is 58.9 Å². The number of aryl methyl sites for hydroxylation is 4. The van der Waals surface area contributed by atoms with Crippen LogP contribution in [0.4, 0.5) is 0 Å². The van der Waals surface area contributed by atoms with E-state index < -0.39 is 0 Å². The van der Waals surface area contributed by atoms with Gasteiger partial charge in [-0.15, -0.1) is 0 Å². The summed E-state index contributed by atoms with van der Waals surface area (Å²) < 4.78 is 2.33. The summed E-state index contributed by atoms with van der Waals surface area (Å²) in [5.41, 5.74) is 7.71. The van der Waals surface area contributed by atoms with E-state index >= 15 is 0 Å². The van der Waals surface area contributed by atoms with Gasteiger partial charge in [0.05, 0.1) is 16.7 Å². The van der Waals surface area contributed by atoms with Crippen LogP contribution in [0.3, 0.4) is 0 Å². The molecule has 0 unspecified atom stereocenters. The Morgan fingerprint density at radius 2 is 1.74 bits per heavy atom. The Morgan fingerprint density at radius 3 is 2.63 bits per heavy atom. The monoisotopic (exact) mass is 248 g/mol. The molecule has 0 saturated heterocycles. The second-order valence-electron chi connectivity index (χ2n) is 5.49. The third kappa shape index (κ3) is 1.53. The standard InChI is InChI=1S/C17H16N2/c1-11-4-7-15-13(9-11)5-8-17-18-14-6-3-12(2)10-16(14)19(15)17/h3-4,6-7,9-10H,5,8H2,1-2H3. The first kappa shape index (κ1) is 10.8. The average Bonchev–Trinajstić information content (AvgIpc) is 2.76. The van der Waals surface area contributed by atoms with Crippen LogP contribution in [0.5, 0.6) is 0 Å². The third-order valence-electron chi connectivity index (χ3n) is 3.97. The maximum atomic E-state index is 4.78. The molecule has 1 aliphatic heterocycles. The smallest absolute Gasteiger partial charge is 0.114 e. The molecule has 2 heteroatoms. The number of benzene rings is 2. The van der Waals surface area contributed by atoms with Gasteiger partial charge in [-0.1, -0.05) is 23.8 Å². The molecule has 94 valence electrons. The van der Waals surface area contributed by atoms with E-state index in [1.165, 1.54) is 33.7 Å². The van der Waals surface area contributed by atoms with E-state index in [-0.39, 0.29) is 0 Å². The largest absolute Gasteiger partial charge is 0.296 e. The Morgan fingerprint density at radius 1 is 0.947 bits per heavy atom. The highest BCUT2D eigenvalue weighted by Gasteiger charge is 2.19. The molecule has 0 saturated carbocycles. The topological polar surface area (TPSA) is 17.8 Å². The lowest BCUT2D eigenvalue weighted by Crippen LogP contribution is -2.12. The molecule has 0 amide bonds. The first-order chi connectivity index (χ1) is 9.22. The van der Waals surface area contributed by atoms with E-state index in [1.807, 2.05) is 0 Å². The first-order valence-corrected chi connectivity index (χ1v) is 6.80. The van der Waals surface area contributed by atoms with Crippen molar-refractivity contribution >= 4 is 11.0 Å². The zero-order valence-electron chi connectivity index (χ0n) is 11.3. The van der Waals surface area contributed by atoms with Gasteiger partial charge in [-0.3, -0.25) is 4.57 Å². The van der Waals surface area contributed by atoms with Crippen molar-refractivity contribution in [2.24, 2.45) is 0 Å². The molecule has 19 heavy (non-hydrogen) atoms. The molecule has 0 radical (unpaired) electrons. The van der Waals surface area contributed by atoms with Crippen LogP contribution in [-0.2, 0) is 12.8 Å². The van der Waals surface area contributed by atoms with Crippen molar-refractivity contribution in [3.63, 3.8) is 0 Å². The molecular weight excluding hydrogens is 232 g/mol. The minimum Gasteiger partial charge on any atom is -0.296 e. The summed E-state index contributed by atoms with van der Waals surface area (Å²) >= 11 is 0. The van der Waals surface area contributed by atoms with E-state index in [9.17, 15) is 0 Å². The van der Waals surface area contributed by atoms with Crippen molar-refractivity contribution in [1.29, 1.82) is 0 Å². The molecule has 0 atom stereocenters. The number of nitrogens with zero attached hydrogens (tertiary/aromatic N) is 2. The van der Waals surface area contributed by atoms with Gasteiger partial charge in [0.2, 0.25) is 0 Å². The molecule has 1 aliphatic rings. The Kier molecular flexibility index (Phi) is 2.10. The first-order valence-electron chi connectivity index (χ1n) is 6.80. The third-order valence-corrected chi connectivity index (χ3v) is 3.97. The molecule has 2 aromatic carbocycles. The maximum absolute atomic E-state index is 4.78. The van der Waals surface area contributed by atoms with Gasteiger partial charge in [-0.2, -0.15) is 0 Å². The van der Waals surface area contributed by atoms with Crippen molar-refractivity contribution < 1.29 is 0 Å². The van der Waals surface area contributed by atoms with Crippen molar-refractivity contribution in [1.82, 2.24) is 9.55 Å². The zero-order valence-corrected chi connectivity index (χ0v) is 11.3. The summed E-state index contributed by atoms with van der Waals surface area (Å²) in [5.74, 6) is 1.19. The van der Waals surface area contributed by atoms with E-state index in [2.05, 4.69) is 54.8 Å². The quantitative estimate of drug-likeness (QED) is 0.592. The lowest BCUT2D eigenvalue weighted by atomic mass is 10.0. The summed E-state index contributed by atoms with van der Waals surface area (Å²) in [6.45, 7) is 4.30. The maximum Gasteiger partial charge on any atom is 0.114 e. The fourth-order valence-electron chi connectivity index (χ4n) is 3.05. The highest BCUT2D eigenvalue weighted by molar-refractivity contribution is 5.80. The van der Waals surface area contributed by atoms with Gasteiger partial charge in [-0.25, -0.2) is 4.98 Å². The van der Waals surface area contributed by atoms with Crippen molar-refractivity contribution in [2.45, 2.75) is 26.7 Å². The van der Waals surface area contributed by atoms with Crippen molar-refractivity contribution in [3.8, 4) is 5.69 Å². The molecule has 1 aromatic heterocycles. The number of fused-ring (bicyclic) bond motifs is 5. The van der Waals surface area contributed by atoms with Gasteiger partial charge in [0.1, 0.15) is 5.82 Å². The Hall–Kier alpha value is -2.09. The predicted molar refractivity (Wildman–Crippen MR) is 78.0 cm³/mol. The van der Waals surface area contributed by atoms with Crippen LogP contribution in [0.1, 0.15) is 22.5 Å². The minimum atomic E-state index is 1.03. The molecule has 3 aromatic rings. The van der Waals surface area contributed by atoms with Gasteiger partial charge < -0.3 is 0 Å². The van der Waals surface area contributed by atoms with E-state index in [1.54, 1.807) is 0 Å². The molecule has 0 spiro atoms. The normalized spacial score (nSPS) is 13.4. The number of rotatable bonds is 0. The summed E-state index contributed by atoms with van der Waals surface area (Å²) in [6, 6.07) is 13.2. The summed E-state index contributed by atoms with van der Waals surface area (Å²) in [6.07, 6.45) is 2.13. The molecule has 0 aliphatic carbocycles. The zero-order chi connectivity index (χ0) is 13.0. The van der Waals surface area contributed by atoms with Crippen LogP contribution in [0.2, 0.25) is 0 Å². The van der Waals surface area contributed by atoms with Gasteiger partial charge in [0.15, 0.2) is 0 Å². The van der Waals surface area contributed by atoms with Crippen molar-refractivity contribution in [2.75, 3.05) is 0 Å². The van der Waals surface area contributed by atoms with Gasteiger partial charge in [0.25, 0.3) is 0 Å². The van der Waals surface area contributed by atoms with Gasteiger partial charge in [-0.05, 0) is 49.6 Å². The summed E-state index contributed by atoms with van der Waals surface area (Å²) in [4.78, 5) is 4.78. The fourth-order valence-corrected chi connectivity index (χ4v) is 3.05. The average molecular weight is 248 g/mol. The van der Waals surface area contributed by atoms with Crippen LogP contribution in [0, 0.1) is 13.8 Å². The number of aromatic nitrogens is 2. The highest BCUT2D eigenvalue weighted by Crippen LogP contribution is 2.30. The molecule has 4 rings (SSSR count). The molecular formula is C17H16N2. The fraction of sp³-hybridized carbons (Fsp3) is 0.235. The number of hydrogen-bond acceptors (Lipinski definition) is 1. The lowest BCUT2D eigenvalue weighted by molar-refractivity contribution is 0.788. The van der Waals surface area contributed by atoms with E-state index in [0.717, 1.165) is 18.4 Å². The molecule has 2 heterocycles. The van der Waals surface area contributed by atoms with E-state index in [0.29, 0.717) is 0 Å². The van der Waals surface area contributed by atoms with Gasteiger partial charge in [0, 0.05) is 6.42 Å². The molecule has 0 fully saturated rings. The van der Waals surface area contributed by atoms with Crippen LogP contribution in [0.15, 0.2) is 36.4 Å².